The second-order valence-electron chi connectivity index (χ2n) is 2.40. The lowest BCUT2D eigenvalue weighted by Gasteiger charge is -1.95. The number of carboxylic acid groups (broad SMARTS) is 1. The minimum Gasteiger partial charge on any atom is -0.476 e. The maximum Gasteiger partial charge on any atom is 0.356 e. The van der Waals surface area contributed by atoms with Gasteiger partial charge in [0.15, 0.2) is 5.69 Å². The Kier molecular flexibility index (Phi) is 1.66. The molecule has 2 aromatic rings. The molecule has 2 rings (SSSR count). The molecule has 0 aliphatic rings. The van der Waals surface area contributed by atoms with Crippen molar-refractivity contribution < 1.29 is 9.90 Å². The third kappa shape index (κ3) is 1.23. The van der Waals surface area contributed by atoms with Gasteiger partial charge >= 0.3 is 5.97 Å². The summed E-state index contributed by atoms with van der Waals surface area (Å²) >= 11 is 5.60. The van der Waals surface area contributed by atoms with Crippen LogP contribution in [0, 0.1) is 0 Å². The van der Waals surface area contributed by atoms with Gasteiger partial charge < -0.3 is 10.1 Å². The molecule has 2 heterocycles. The number of nitrogens with zero attached hydrogens (tertiary/aromatic N) is 2. The number of H-pyrrole nitrogens is 1. The van der Waals surface area contributed by atoms with Crippen LogP contribution in [0.3, 0.4) is 0 Å². The zero-order valence-electron chi connectivity index (χ0n) is 6.28. The predicted octanol–water partition coefficient (Wildman–Crippen LogP) is 1.31. The monoisotopic (exact) mass is 197 g/mol. The van der Waals surface area contributed by atoms with E-state index < -0.39 is 5.97 Å². The summed E-state index contributed by atoms with van der Waals surface area (Å²) in [4.78, 5) is 20.9. The number of aromatic carboxylic acids is 1. The number of aromatic amines is 1. The molecule has 13 heavy (non-hydrogen) atoms. The highest BCUT2D eigenvalue weighted by Crippen LogP contribution is 2.17. The number of imidazole rings is 1. The van der Waals surface area contributed by atoms with Gasteiger partial charge in [-0.05, 0) is 0 Å². The molecular weight excluding hydrogens is 194 g/mol. The van der Waals surface area contributed by atoms with Crippen LogP contribution >= 0.6 is 11.6 Å². The van der Waals surface area contributed by atoms with Crippen LogP contribution in [0.4, 0.5) is 0 Å². The van der Waals surface area contributed by atoms with Crippen molar-refractivity contribution in [3.8, 4) is 0 Å². The molecule has 2 N–H and O–H groups in total. The van der Waals surface area contributed by atoms with Crippen molar-refractivity contribution in [3.05, 3.63) is 23.2 Å². The van der Waals surface area contributed by atoms with E-state index in [0.29, 0.717) is 11.0 Å². The predicted molar refractivity (Wildman–Crippen MR) is 45.9 cm³/mol. The van der Waals surface area contributed by atoms with Crippen LogP contribution in [-0.4, -0.2) is 26.0 Å². The van der Waals surface area contributed by atoms with Gasteiger partial charge in [-0.3, -0.25) is 0 Å². The number of hydrogen-bond acceptors (Lipinski definition) is 3. The summed E-state index contributed by atoms with van der Waals surface area (Å²) in [6.45, 7) is 0. The molecule has 0 bridgehead atoms. The van der Waals surface area contributed by atoms with E-state index in [1.165, 1.54) is 12.4 Å². The Morgan fingerprint density at radius 2 is 2.38 bits per heavy atom. The molecule has 5 nitrogen and oxygen atoms in total. The fourth-order valence-electron chi connectivity index (χ4n) is 1.06. The smallest absolute Gasteiger partial charge is 0.356 e. The minimum atomic E-state index is -1.14. The fourth-order valence-corrected chi connectivity index (χ4v) is 1.26. The fraction of sp³-hybridized carbons (Fsp3) is 0. The number of aromatic nitrogens is 3. The molecule has 2 aromatic heterocycles. The molecule has 0 saturated heterocycles. The molecular formula is C7H4ClN3O2. The van der Waals surface area contributed by atoms with Gasteiger partial charge in [0.2, 0.25) is 0 Å². The van der Waals surface area contributed by atoms with Gasteiger partial charge in [-0.25, -0.2) is 14.8 Å². The Labute approximate surface area is 77.4 Å². The zero-order chi connectivity index (χ0) is 9.42. The van der Waals surface area contributed by atoms with Crippen molar-refractivity contribution in [2.24, 2.45) is 0 Å². The highest BCUT2D eigenvalue weighted by molar-refractivity contribution is 6.30. The summed E-state index contributed by atoms with van der Waals surface area (Å²) in [5, 5.41) is 8.88. The van der Waals surface area contributed by atoms with Crippen molar-refractivity contribution in [2.45, 2.75) is 0 Å². The molecule has 6 heteroatoms. The zero-order valence-corrected chi connectivity index (χ0v) is 7.04. The van der Waals surface area contributed by atoms with Crippen LogP contribution in [0.15, 0.2) is 12.4 Å². The van der Waals surface area contributed by atoms with E-state index in [9.17, 15) is 4.79 Å². The van der Waals surface area contributed by atoms with Gasteiger partial charge in [0.1, 0.15) is 10.7 Å². The van der Waals surface area contributed by atoms with Crippen LogP contribution < -0.4 is 0 Å². The minimum absolute atomic E-state index is 0.133. The number of rotatable bonds is 1. The summed E-state index contributed by atoms with van der Waals surface area (Å²) in [6, 6.07) is 1.52. The Balaban J connectivity index is 2.84. The van der Waals surface area contributed by atoms with Crippen LogP contribution in [0.1, 0.15) is 10.5 Å². The quantitative estimate of drug-likeness (QED) is 0.676. The van der Waals surface area contributed by atoms with E-state index in [1.54, 1.807) is 0 Å². The number of nitrogens with one attached hydrogen (secondary N) is 1. The molecule has 0 unspecified atom stereocenters. The largest absolute Gasteiger partial charge is 0.476 e. The van der Waals surface area contributed by atoms with Crippen molar-refractivity contribution in [1.29, 1.82) is 0 Å². The average Bonchev–Trinajstić information content (AvgIpc) is 2.49. The normalized spacial score (nSPS) is 10.5. The van der Waals surface area contributed by atoms with Crippen molar-refractivity contribution in [3.63, 3.8) is 0 Å². The number of carboxylic acids is 1. The molecule has 0 aliphatic heterocycles. The lowest BCUT2D eigenvalue weighted by atomic mass is 10.3. The third-order valence-electron chi connectivity index (χ3n) is 1.58. The molecule has 66 valence electrons. The first-order valence-corrected chi connectivity index (χ1v) is 3.79. The van der Waals surface area contributed by atoms with E-state index in [-0.39, 0.29) is 10.8 Å². The van der Waals surface area contributed by atoms with E-state index in [4.69, 9.17) is 16.7 Å². The number of fused-ring (bicyclic) bond motifs is 1. The summed E-state index contributed by atoms with van der Waals surface area (Å²) in [5.74, 6) is -1.14. The molecule has 0 fully saturated rings. The number of halogens is 1. The molecule has 0 atom stereocenters. The summed E-state index contributed by atoms with van der Waals surface area (Å²) in [5.41, 5.74) is 0.748. The number of carbonyl (C=O) groups is 1. The van der Waals surface area contributed by atoms with Gasteiger partial charge in [-0.1, -0.05) is 11.6 Å². The highest BCUT2D eigenvalue weighted by Gasteiger charge is 2.13. The Morgan fingerprint density at radius 1 is 1.62 bits per heavy atom. The second kappa shape index (κ2) is 2.70. The van der Waals surface area contributed by atoms with Gasteiger partial charge in [0, 0.05) is 6.07 Å². The first kappa shape index (κ1) is 8.00. The Morgan fingerprint density at radius 3 is 3.08 bits per heavy atom. The van der Waals surface area contributed by atoms with Crippen molar-refractivity contribution >= 4 is 28.6 Å². The lowest BCUT2D eigenvalue weighted by Crippen LogP contribution is -2.01. The molecule has 0 amide bonds. The topological polar surface area (TPSA) is 78.9 Å². The van der Waals surface area contributed by atoms with E-state index >= 15 is 0 Å². The standard InChI is InChI=1S/C7H4ClN3O2/c8-4-1-3-5(10-2-9-3)6(11-4)7(12)13/h1-2H,(H,9,10)(H,12,13). The second-order valence-corrected chi connectivity index (χ2v) is 2.78. The van der Waals surface area contributed by atoms with Gasteiger partial charge in [0.25, 0.3) is 0 Å². The Bertz CT molecular complexity index is 480. The van der Waals surface area contributed by atoms with Crippen LogP contribution in [0.25, 0.3) is 11.0 Å². The lowest BCUT2D eigenvalue weighted by molar-refractivity contribution is 0.0692. The SMILES string of the molecule is O=C(O)c1nc(Cl)cc2[nH]cnc12. The molecule has 0 spiro atoms. The maximum atomic E-state index is 10.7. The number of pyridine rings is 1. The van der Waals surface area contributed by atoms with E-state index in [0.717, 1.165) is 0 Å². The Hall–Kier alpha value is -1.62. The van der Waals surface area contributed by atoms with Gasteiger partial charge in [0.05, 0.1) is 11.8 Å². The van der Waals surface area contributed by atoms with Crippen molar-refractivity contribution in [1.82, 2.24) is 15.0 Å². The molecule has 0 radical (unpaired) electrons. The van der Waals surface area contributed by atoms with Gasteiger partial charge in [-0.2, -0.15) is 0 Å². The van der Waals surface area contributed by atoms with Crippen LogP contribution in [-0.2, 0) is 0 Å². The molecule has 0 aromatic carbocycles. The maximum absolute atomic E-state index is 10.7. The third-order valence-corrected chi connectivity index (χ3v) is 1.77. The number of hydrogen-bond donors (Lipinski definition) is 2. The average molecular weight is 198 g/mol. The van der Waals surface area contributed by atoms with Gasteiger partial charge in [-0.15, -0.1) is 0 Å². The highest BCUT2D eigenvalue weighted by atomic mass is 35.5. The first-order chi connectivity index (χ1) is 6.18. The molecule has 0 aliphatic carbocycles. The molecule has 0 saturated carbocycles. The van der Waals surface area contributed by atoms with E-state index in [1.807, 2.05) is 0 Å². The first-order valence-electron chi connectivity index (χ1n) is 3.41. The van der Waals surface area contributed by atoms with E-state index in [2.05, 4.69) is 15.0 Å². The van der Waals surface area contributed by atoms with Crippen LogP contribution in [0.2, 0.25) is 5.15 Å². The summed E-state index contributed by atoms with van der Waals surface area (Å²) in [6.07, 6.45) is 1.40. The van der Waals surface area contributed by atoms with Crippen molar-refractivity contribution in [2.75, 3.05) is 0 Å². The van der Waals surface area contributed by atoms with Crippen LogP contribution in [0.5, 0.6) is 0 Å². The summed E-state index contributed by atoms with van der Waals surface area (Å²) < 4.78 is 0. The summed E-state index contributed by atoms with van der Waals surface area (Å²) in [7, 11) is 0.